The Labute approximate surface area is 224 Å². The first-order valence-electron chi connectivity index (χ1n) is 13.0. The van der Waals surface area contributed by atoms with E-state index in [-0.39, 0.29) is 18.2 Å². The van der Waals surface area contributed by atoms with Crippen LogP contribution in [0.25, 0.3) is 0 Å². The van der Waals surface area contributed by atoms with Gasteiger partial charge in [-0.15, -0.1) is 0 Å². The van der Waals surface area contributed by atoms with Crippen molar-refractivity contribution in [2.75, 3.05) is 25.0 Å². The number of hydrogen-bond donors (Lipinski definition) is 3. The zero-order valence-electron chi connectivity index (χ0n) is 21.1. The quantitative estimate of drug-likeness (QED) is 0.334. The Balaban J connectivity index is 1.58. The van der Waals surface area contributed by atoms with Gasteiger partial charge in [-0.25, -0.2) is 4.99 Å². The van der Waals surface area contributed by atoms with Crippen molar-refractivity contribution in [2.24, 2.45) is 16.6 Å². The molecule has 1 saturated heterocycles. The molecule has 4 N–H and O–H groups in total. The van der Waals surface area contributed by atoms with E-state index in [4.69, 9.17) is 33.9 Å². The Morgan fingerprint density at radius 2 is 1.92 bits per heavy atom. The van der Waals surface area contributed by atoms with Crippen molar-refractivity contribution >= 4 is 40.8 Å². The maximum Gasteiger partial charge on any atom is 0.218 e. The fraction of sp³-hybridized carbons (Fsp3) is 0.500. The van der Waals surface area contributed by atoms with Gasteiger partial charge in [0.05, 0.1) is 6.04 Å². The molecule has 2 aromatic rings. The molecule has 8 heteroatoms. The minimum Gasteiger partial charge on any atom is -0.370 e. The Bertz CT molecular complexity index is 1070. The number of anilines is 1. The van der Waals surface area contributed by atoms with Gasteiger partial charge in [-0.1, -0.05) is 61.2 Å². The predicted molar refractivity (Wildman–Crippen MR) is 150 cm³/mol. The number of nitrogens with one attached hydrogen (secondary N) is 2. The average molecular weight is 531 g/mol. The standard InChI is InChI=1S/C28H37Cl2N5O/c1-18-5-3-4-6-26(18)34-28(35-14-13-32-19(2)17-35)33-22-10-7-20(8-11-22)24(16-27(31)36)23-12-9-21(29)15-25(23)30/h7-12,15,18-19,24,26,32H,3-6,13-14,16-17H2,1-2H3,(H2,31,36)(H,33,34)/t18?,19-,24?,26?/m0/s1. The van der Waals surface area contributed by atoms with E-state index < -0.39 is 0 Å². The molecule has 2 fully saturated rings. The number of carbonyl (C=O) groups is 1. The van der Waals surface area contributed by atoms with Gasteiger partial charge in [-0.2, -0.15) is 0 Å². The van der Waals surface area contributed by atoms with Crippen molar-refractivity contribution in [2.45, 2.75) is 64.0 Å². The molecule has 1 aliphatic heterocycles. The number of nitrogens with zero attached hydrogens (tertiary/aromatic N) is 2. The first-order chi connectivity index (χ1) is 17.3. The second-order valence-electron chi connectivity index (χ2n) is 10.2. The third-order valence-corrected chi connectivity index (χ3v) is 7.90. The number of aliphatic imine (C=N–C) groups is 1. The topological polar surface area (TPSA) is 82.7 Å². The van der Waals surface area contributed by atoms with Gasteiger partial charge in [0.15, 0.2) is 5.96 Å². The molecule has 4 rings (SSSR count). The van der Waals surface area contributed by atoms with E-state index in [1.165, 1.54) is 19.3 Å². The summed E-state index contributed by atoms with van der Waals surface area (Å²) < 4.78 is 0. The molecule has 194 valence electrons. The van der Waals surface area contributed by atoms with Crippen LogP contribution in [0.4, 0.5) is 5.69 Å². The van der Waals surface area contributed by atoms with Crippen LogP contribution in [-0.2, 0) is 4.79 Å². The summed E-state index contributed by atoms with van der Waals surface area (Å²) >= 11 is 12.6. The van der Waals surface area contributed by atoms with E-state index in [1.54, 1.807) is 12.1 Å². The number of piperazine rings is 1. The number of primary amides is 1. The number of amides is 1. The predicted octanol–water partition coefficient (Wildman–Crippen LogP) is 5.64. The molecule has 1 saturated carbocycles. The lowest BCUT2D eigenvalue weighted by atomic mass is 9.86. The lowest BCUT2D eigenvalue weighted by Crippen LogP contribution is -2.53. The Kier molecular flexibility index (Phi) is 9.15. The highest BCUT2D eigenvalue weighted by molar-refractivity contribution is 6.35. The van der Waals surface area contributed by atoms with E-state index in [9.17, 15) is 4.79 Å². The molecule has 36 heavy (non-hydrogen) atoms. The summed E-state index contributed by atoms with van der Waals surface area (Å²) in [5, 5.41) is 8.22. The van der Waals surface area contributed by atoms with Gasteiger partial charge in [-0.3, -0.25) is 4.79 Å². The van der Waals surface area contributed by atoms with Crippen molar-refractivity contribution < 1.29 is 4.79 Å². The summed E-state index contributed by atoms with van der Waals surface area (Å²) in [6.07, 6.45) is 5.09. The number of nitrogens with two attached hydrogens (primary N) is 1. The zero-order valence-corrected chi connectivity index (χ0v) is 22.7. The van der Waals surface area contributed by atoms with Crippen molar-refractivity contribution in [3.63, 3.8) is 0 Å². The number of carbonyl (C=O) groups excluding carboxylic acids is 1. The molecule has 1 amide bonds. The summed E-state index contributed by atoms with van der Waals surface area (Å²) in [4.78, 5) is 19.5. The lowest BCUT2D eigenvalue weighted by Gasteiger charge is -2.36. The van der Waals surface area contributed by atoms with Gasteiger partial charge in [0.25, 0.3) is 0 Å². The first-order valence-corrected chi connectivity index (χ1v) is 13.7. The highest BCUT2D eigenvalue weighted by Gasteiger charge is 2.25. The largest absolute Gasteiger partial charge is 0.370 e. The molecule has 6 nitrogen and oxygen atoms in total. The van der Waals surface area contributed by atoms with Crippen molar-refractivity contribution in [3.05, 3.63) is 63.6 Å². The third kappa shape index (κ3) is 6.93. The van der Waals surface area contributed by atoms with Crippen LogP contribution in [0, 0.1) is 5.92 Å². The second kappa shape index (κ2) is 12.3. The highest BCUT2D eigenvalue weighted by atomic mass is 35.5. The van der Waals surface area contributed by atoms with Gasteiger partial charge in [0.2, 0.25) is 5.91 Å². The van der Waals surface area contributed by atoms with Gasteiger partial charge in [0.1, 0.15) is 0 Å². The van der Waals surface area contributed by atoms with Crippen LogP contribution < -0.4 is 16.4 Å². The van der Waals surface area contributed by atoms with Crippen LogP contribution in [0.15, 0.2) is 47.5 Å². The third-order valence-electron chi connectivity index (χ3n) is 7.34. The monoisotopic (exact) mass is 529 g/mol. The summed E-state index contributed by atoms with van der Waals surface area (Å²) in [7, 11) is 0. The molecule has 2 aromatic carbocycles. The molecule has 3 unspecified atom stereocenters. The molecule has 1 heterocycles. The van der Waals surface area contributed by atoms with Gasteiger partial charge >= 0.3 is 0 Å². The van der Waals surface area contributed by atoms with Crippen LogP contribution in [0.1, 0.15) is 63.0 Å². The minimum absolute atomic E-state index is 0.166. The van der Waals surface area contributed by atoms with Crippen LogP contribution in [-0.4, -0.2) is 48.5 Å². The SMILES string of the molecule is CC1CCCCC1/N=C(/Nc1ccc(C(CC(N)=O)c2ccc(Cl)cc2Cl)cc1)N1CCN[C@@H](C)C1. The van der Waals surface area contributed by atoms with Crippen LogP contribution in [0.2, 0.25) is 10.0 Å². The normalized spacial score (nSPS) is 23.8. The fourth-order valence-electron chi connectivity index (χ4n) is 5.28. The molecule has 2 aliphatic rings. The smallest absolute Gasteiger partial charge is 0.218 e. The first kappa shape index (κ1) is 26.8. The van der Waals surface area contributed by atoms with Gasteiger partial charge < -0.3 is 21.3 Å². The summed E-state index contributed by atoms with van der Waals surface area (Å²) in [6.45, 7) is 7.31. The number of guanidine groups is 1. The highest BCUT2D eigenvalue weighted by Crippen LogP contribution is 2.35. The maximum atomic E-state index is 11.9. The van der Waals surface area contributed by atoms with E-state index in [2.05, 4.69) is 29.4 Å². The van der Waals surface area contributed by atoms with Crippen LogP contribution >= 0.6 is 23.2 Å². The van der Waals surface area contributed by atoms with E-state index in [0.29, 0.717) is 28.0 Å². The summed E-state index contributed by atoms with van der Waals surface area (Å²) in [5.41, 5.74) is 8.36. The zero-order chi connectivity index (χ0) is 25.7. The Hall–Kier alpha value is -2.28. The number of hydrogen-bond acceptors (Lipinski definition) is 3. The molecule has 0 spiro atoms. The minimum atomic E-state index is -0.378. The number of halogens is 2. The van der Waals surface area contributed by atoms with Crippen molar-refractivity contribution in [3.8, 4) is 0 Å². The summed E-state index contributed by atoms with van der Waals surface area (Å²) in [5.74, 6) is 0.921. The summed E-state index contributed by atoms with van der Waals surface area (Å²) in [6, 6.07) is 14.3. The molecule has 0 aromatic heterocycles. The lowest BCUT2D eigenvalue weighted by molar-refractivity contribution is -0.118. The Morgan fingerprint density at radius 3 is 2.58 bits per heavy atom. The van der Waals surface area contributed by atoms with Crippen LogP contribution in [0.3, 0.4) is 0 Å². The van der Waals surface area contributed by atoms with Crippen LogP contribution in [0.5, 0.6) is 0 Å². The second-order valence-corrected chi connectivity index (χ2v) is 11.1. The fourth-order valence-corrected chi connectivity index (χ4v) is 5.82. The van der Waals surface area contributed by atoms with Crippen molar-refractivity contribution in [1.29, 1.82) is 0 Å². The maximum absolute atomic E-state index is 11.9. The molecular weight excluding hydrogens is 493 g/mol. The van der Waals surface area contributed by atoms with E-state index in [1.807, 2.05) is 30.3 Å². The van der Waals surface area contributed by atoms with Gasteiger partial charge in [-0.05, 0) is 61.1 Å². The van der Waals surface area contributed by atoms with Crippen molar-refractivity contribution in [1.82, 2.24) is 10.2 Å². The molecular formula is C28H37Cl2N5O. The van der Waals surface area contributed by atoms with E-state index >= 15 is 0 Å². The number of benzene rings is 2. The van der Waals surface area contributed by atoms with Gasteiger partial charge in [0, 0.05) is 53.7 Å². The number of rotatable bonds is 6. The molecule has 4 atom stereocenters. The Morgan fingerprint density at radius 1 is 1.17 bits per heavy atom. The molecule has 0 bridgehead atoms. The molecule has 1 aliphatic carbocycles. The van der Waals surface area contributed by atoms with E-state index in [0.717, 1.165) is 48.8 Å². The average Bonchev–Trinajstić information content (AvgIpc) is 2.84. The molecule has 0 radical (unpaired) electrons.